The maximum atomic E-state index is 12.8. The lowest BCUT2D eigenvalue weighted by Crippen LogP contribution is -2.41. The molecule has 7 nitrogen and oxygen atoms in total. The summed E-state index contributed by atoms with van der Waals surface area (Å²) >= 11 is 3.55. The SMILES string of the molecule is Cc1ccc(COC(C(=O)O)C(OC2CCCCC2OCc2nc(-c3cccc(C)c3)oc2C)c2cc(CBr)ccc2C)cc1. The minimum atomic E-state index is -1.21. The molecule has 1 fully saturated rings. The third-order valence-electron chi connectivity index (χ3n) is 8.43. The van der Waals surface area contributed by atoms with Crippen molar-refractivity contribution in [3.63, 3.8) is 0 Å². The number of rotatable bonds is 13. The maximum absolute atomic E-state index is 12.8. The number of aryl methyl sites for hydroxylation is 4. The Hall–Kier alpha value is -3.30. The molecule has 0 bridgehead atoms. The van der Waals surface area contributed by atoms with E-state index in [1.54, 1.807) is 0 Å². The highest BCUT2D eigenvalue weighted by Crippen LogP contribution is 2.35. The third-order valence-corrected chi connectivity index (χ3v) is 9.08. The Labute approximate surface area is 274 Å². The van der Waals surface area contributed by atoms with Gasteiger partial charge in [0.1, 0.15) is 17.6 Å². The Morgan fingerprint density at radius 3 is 2.38 bits per heavy atom. The van der Waals surface area contributed by atoms with E-state index in [9.17, 15) is 9.90 Å². The highest BCUT2D eigenvalue weighted by molar-refractivity contribution is 9.08. The highest BCUT2D eigenvalue weighted by atomic mass is 79.9. The van der Waals surface area contributed by atoms with Crippen LogP contribution < -0.4 is 0 Å². The van der Waals surface area contributed by atoms with E-state index in [1.165, 1.54) is 0 Å². The van der Waals surface area contributed by atoms with E-state index in [1.807, 2.05) is 94.4 Å². The molecule has 4 atom stereocenters. The second-order valence-electron chi connectivity index (χ2n) is 12.0. The van der Waals surface area contributed by atoms with Crippen LogP contribution in [0.15, 0.2) is 71.1 Å². The first kappa shape index (κ1) is 33.1. The molecule has 5 rings (SSSR count). The molecule has 45 heavy (non-hydrogen) atoms. The van der Waals surface area contributed by atoms with E-state index in [-0.39, 0.29) is 25.4 Å². The summed E-state index contributed by atoms with van der Waals surface area (Å²) in [6.07, 6.45) is 0.952. The van der Waals surface area contributed by atoms with Crippen LogP contribution in [0.2, 0.25) is 0 Å². The van der Waals surface area contributed by atoms with Crippen molar-refractivity contribution in [1.82, 2.24) is 4.98 Å². The molecule has 8 heteroatoms. The molecule has 1 aliphatic rings. The van der Waals surface area contributed by atoms with Crippen LogP contribution >= 0.6 is 15.9 Å². The van der Waals surface area contributed by atoms with E-state index in [0.29, 0.717) is 11.2 Å². The van der Waals surface area contributed by atoms with E-state index in [2.05, 4.69) is 15.9 Å². The Bertz CT molecular complexity index is 1580. The molecule has 0 amide bonds. The number of nitrogens with zero attached hydrogens (tertiary/aromatic N) is 1. The van der Waals surface area contributed by atoms with Crippen LogP contribution in [0, 0.1) is 27.7 Å². The number of alkyl halides is 1. The molecule has 0 saturated heterocycles. The van der Waals surface area contributed by atoms with Crippen molar-refractivity contribution in [3.8, 4) is 11.5 Å². The number of benzene rings is 3. The number of carboxylic acids is 1. The van der Waals surface area contributed by atoms with Gasteiger partial charge in [0, 0.05) is 10.9 Å². The van der Waals surface area contributed by atoms with Crippen LogP contribution in [0.3, 0.4) is 0 Å². The summed E-state index contributed by atoms with van der Waals surface area (Å²) in [5.74, 6) is 0.227. The normalized spacial score (nSPS) is 18.1. The summed E-state index contributed by atoms with van der Waals surface area (Å²) in [6, 6.07) is 22.0. The average Bonchev–Trinajstić information content (AvgIpc) is 3.41. The van der Waals surface area contributed by atoms with E-state index in [4.69, 9.17) is 23.6 Å². The van der Waals surface area contributed by atoms with E-state index < -0.39 is 18.2 Å². The van der Waals surface area contributed by atoms with Crippen molar-refractivity contribution in [2.24, 2.45) is 0 Å². The van der Waals surface area contributed by atoms with Crippen LogP contribution in [0.1, 0.15) is 76.6 Å². The molecule has 0 spiro atoms. The predicted molar refractivity (Wildman–Crippen MR) is 177 cm³/mol. The Morgan fingerprint density at radius 2 is 1.67 bits per heavy atom. The first-order valence-electron chi connectivity index (χ1n) is 15.6. The van der Waals surface area contributed by atoms with Crippen molar-refractivity contribution in [3.05, 3.63) is 112 Å². The lowest BCUT2D eigenvalue weighted by Gasteiger charge is -2.36. The summed E-state index contributed by atoms with van der Waals surface area (Å²) in [4.78, 5) is 17.5. The van der Waals surface area contributed by atoms with Gasteiger partial charge < -0.3 is 23.7 Å². The van der Waals surface area contributed by atoms with Gasteiger partial charge in [-0.1, -0.05) is 94.5 Å². The van der Waals surface area contributed by atoms with Gasteiger partial charge in [-0.2, -0.15) is 0 Å². The molecule has 3 aromatic carbocycles. The first-order valence-corrected chi connectivity index (χ1v) is 16.7. The third kappa shape index (κ3) is 8.50. The van der Waals surface area contributed by atoms with Crippen LogP contribution in [0.4, 0.5) is 0 Å². The summed E-state index contributed by atoms with van der Waals surface area (Å²) < 4.78 is 25.5. The van der Waals surface area contributed by atoms with Crippen molar-refractivity contribution < 1.29 is 28.5 Å². The summed E-state index contributed by atoms with van der Waals surface area (Å²) in [7, 11) is 0. The van der Waals surface area contributed by atoms with Crippen LogP contribution in [0.5, 0.6) is 0 Å². The van der Waals surface area contributed by atoms with Crippen molar-refractivity contribution in [2.75, 3.05) is 0 Å². The summed E-state index contributed by atoms with van der Waals surface area (Å²) in [6.45, 7) is 8.38. The maximum Gasteiger partial charge on any atom is 0.335 e. The zero-order chi connectivity index (χ0) is 31.9. The molecule has 4 aromatic rings. The minimum Gasteiger partial charge on any atom is -0.479 e. The number of ether oxygens (including phenoxy) is 3. The molecule has 0 aliphatic heterocycles. The minimum absolute atomic E-state index is 0.160. The molecule has 0 radical (unpaired) electrons. The molecule has 1 N–H and O–H groups in total. The predicted octanol–water partition coefficient (Wildman–Crippen LogP) is 8.73. The smallest absolute Gasteiger partial charge is 0.335 e. The quantitative estimate of drug-likeness (QED) is 0.142. The van der Waals surface area contributed by atoms with Gasteiger partial charge in [-0.15, -0.1) is 0 Å². The molecular formula is C37H42BrNO6. The summed E-state index contributed by atoms with van der Waals surface area (Å²) in [5, 5.41) is 11.1. The fourth-order valence-corrected chi connectivity index (χ4v) is 6.14. The Morgan fingerprint density at radius 1 is 0.933 bits per heavy atom. The molecule has 4 unspecified atom stereocenters. The van der Waals surface area contributed by atoms with Gasteiger partial charge in [-0.3, -0.25) is 0 Å². The molecule has 1 aliphatic carbocycles. The molecule has 1 saturated carbocycles. The number of hydrogen-bond donors (Lipinski definition) is 1. The van der Waals surface area contributed by atoms with E-state index >= 15 is 0 Å². The molecular weight excluding hydrogens is 634 g/mol. The van der Waals surface area contributed by atoms with Crippen molar-refractivity contribution >= 4 is 21.9 Å². The van der Waals surface area contributed by atoms with Gasteiger partial charge in [0.25, 0.3) is 0 Å². The second-order valence-corrected chi connectivity index (χ2v) is 12.6. The topological polar surface area (TPSA) is 91.0 Å². The zero-order valence-corrected chi connectivity index (χ0v) is 28.0. The largest absolute Gasteiger partial charge is 0.479 e. The summed E-state index contributed by atoms with van der Waals surface area (Å²) in [5.41, 5.74) is 7.64. The van der Waals surface area contributed by atoms with E-state index in [0.717, 1.165) is 76.1 Å². The highest BCUT2D eigenvalue weighted by Gasteiger charge is 2.38. The van der Waals surface area contributed by atoms with Gasteiger partial charge >= 0.3 is 5.97 Å². The lowest BCUT2D eigenvalue weighted by molar-refractivity contribution is -0.183. The van der Waals surface area contributed by atoms with Gasteiger partial charge in [0.2, 0.25) is 5.89 Å². The van der Waals surface area contributed by atoms with Crippen molar-refractivity contribution in [1.29, 1.82) is 0 Å². The van der Waals surface area contributed by atoms with Gasteiger partial charge in [-0.25, -0.2) is 9.78 Å². The number of hydrogen-bond acceptors (Lipinski definition) is 6. The van der Waals surface area contributed by atoms with Gasteiger partial charge in [-0.05, 0) is 74.9 Å². The number of aromatic nitrogens is 1. The number of oxazole rings is 1. The molecule has 238 valence electrons. The van der Waals surface area contributed by atoms with Crippen molar-refractivity contribution in [2.45, 2.75) is 96.3 Å². The number of carbonyl (C=O) groups is 1. The Kier molecular flexibility index (Phi) is 11.3. The fraction of sp³-hybridized carbons (Fsp3) is 0.405. The molecule has 1 aromatic heterocycles. The van der Waals surface area contributed by atoms with Gasteiger partial charge in [0.15, 0.2) is 6.10 Å². The average molecular weight is 677 g/mol. The van der Waals surface area contributed by atoms with Crippen LogP contribution in [-0.4, -0.2) is 34.4 Å². The van der Waals surface area contributed by atoms with Crippen LogP contribution in [-0.2, 0) is 37.5 Å². The number of halogens is 1. The first-order chi connectivity index (χ1) is 21.7. The Balaban J connectivity index is 1.37. The zero-order valence-electron chi connectivity index (χ0n) is 26.4. The standard InChI is InChI=1S/C37H42BrNO6/c1-23-12-15-27(16-13-23)21-43-35(37(40)41)34(30-19-28(20-38)17-14-25(30)3)45-33-11-6-5-10-32(33)42-22-31-26(4)44-36(39-31)29-9-7-8-24(2)18-29/h7-9,12-19,32-35H,5-6,10-11,20-22H2,1-4H3,(H,40,41). The van der Waals surface area contributed by atoms with Crippen LogP contribution in [0.25, 0.3) is 11.5 Å². The molecule has 1 heterocycles. The monoisotopic (exact) mass is 675 g/mol. The second kappa shape index (κ2) is 15.3. The fourth-order valence-electron chi connectivity index (χ4n) is 5.79. The number of aliphatic carboxylic acids is 1. The van der Waals surface area contributed by atoms with Gasteiger partial charge in [0.05, 0.1) is 25.4 Å². The lowest BCUT2D eigenvalue weighted by atomic mass is 9.92. The number of carboxylic acid groups (broad SMARTS) is 1.